The second-order valence-corrected chi connectivity index (χ2v) is 4.38. The summed E-state index contributed by atoms with van der Waals surface area (Å²) in [6.45, 7) is 1.85. The third kappa shape index (κ3) is 6.60. The Hall–Kier alpha value is -1.84. The number of rotatable bonds is 8. The molecule has 104 valence electrons. The van der Waals surface area contributed by atoms with Crippen molar-refractivity contribution < 1.29 is 19.1 Å². The van der Waals surface area contributed by atoms with Gasteiger partial charge in [-0.15, -0.1) is 0 Å². The molecule has 0 aliphatic rings. The van der Waals surface area contributed by atoms with Gasteiger partial charge >= 0.3 is 5.97 Å². The van der Waals surface area contributed by atoms with Crippen LogP contribution in [-0.2, 0) is 20.7 Å². The maximum atomic E-state index is 11.5. The van der Waals surface area contributed by atoms with Gasteiger partial charge in [0, 0.05) is 12.8 Å². The van der Waals surface area contributed by atoms with E-state index in [2.05, 4.69) is 0 Å². The highest BCUT2D eigenvalue weighted by Gasteiger charge is 2.04. The van der Waals surface area contributed by atoms with Crippen molar-refractivity contribution >= 4 is 11.8 Å². The second-order valence-electron chi connectivity index (χ2n) is 4.38. The number of carbonyl (C=O) groups is 2. The van der Waals surface area contributed by atoms with Crippen LogP contribution in [0, 0.1) is 0 Å². The summed E-state index contributed by atoms with van der Waals surface area (Å²) in [5, 5.41) is 0. The van der Waals surface area contributed by atoms with Crippen LogP contribution in [0.3, 0.4) is 0 Å². The lowest BCUT2D eigenvalue weighted by Gasteiger charge is -2.05. The first-order chi connectivity index (χ1) is 9.11. The van der Waals surface area contributed by atoms with E-state index in [9.17, 15) is 9.59 Å². The molecule has 19 heavy (non-hydrogen) atoms. The molecule has 0 aromatic heterocycles. The van der Waals surface area contributed by atoms with Gasteiger partial charge in [0.15, 0.2) is 0 Å². The van der Waals surface area contributed by atoms with Crippen LogP contribution in [0.25, 0.3) is 0 Å². The lowest BCUT2D eigenvalue weighted by atomic mass is 10.1. The Balaban J connectivity index is 2.24. The van der Waals surface area contributed by atoms with Crippen LogP contribution in [0.4, 0.5) is 0 Å². The summed E-state index contributed by atoms with van der Waals surface area (Å²) in [6, 6.07) is 7.62. The highest BCUT2D eigenvalue weighted by Crippen LogP contribution is 2.14. The van der Waals surface area contributed by atoms with Crippen molar-refractivity contribution in [3.8, 4) is 5.75 Å². The number of benzene rings is 1. The second kappa shape index (κ2) is 8.29. The summed E-state index contributed by atoms with van der Waals surface area (Å²) >= 11 is 0. The molecule has 1 aromatic carbocycles. The van der Waals surface area contributed by atoms with E-state index in [1.807, 2.05) is 24.3 Å². The molecule has 0 saturated carbocycles. The molecule has 4 heteroatoms. The van der Waals surface area contributed by atoms with Gasteiger partial charge in [0.25, 0.3) is 0 Å². The fraction of sp³-hybridized carbons (Fsp3) is 0.467. The number of ketones is 1. The molecule has 0 bridgehead atoms. The lowest BCUT2D eigenvalue weighted by molar-refractivity contribution is -0.144. The summed E-state index contributed by atoms with van der Waals surface area (Å²) < 4.78 is 10.2. The van der Waals surface area contributed by atoms with Crippen molar-refractivity contribution in [1.29, 1.82) is 0 Å². The number of Topliss-reactive ketones (excluding diaryl/α,β-unsaturated/α-hetero) is 1. The number of hydrogen-bond acceptors (Lipinski definition) is 4. The van der Waals surface area contributed by atoms with E-state index in [1.165, 1.54) is 6.92 Å². The summed E-state index contributed by atoms with van der Waals surface area (Å²) in [5.41, 5.74) is 1.04. The van der Waals surface area contributed by atoms with Crippen molar-refractivity contribution in [2.75, 3.05) is 13.7 Å². The smallest absolute Gasteiger partial charge is 0.306 e. The number of carbonyl (C=O) groups excluding carboxylic acids is 2. The van der Waals surface area contributed by atoms with Crippen LogP contribution < -0.4 is 4.74 Å². The van der Waals surface area contributed by atoms with Gasteiger partial charge < -0.3 is 14.3 Å². The molecule has 0 amide bonds. The maximum absolute atomic E-state index is 11.5. The minimum atomic E-state index is -0.230. The first kappa shape index (κ1) is 15.2. The Morgan fingerprint density at radius 2 is 2.00 bits per heavy atom. The van der Waals surface area contributed by atoms with E-state index in [4.69, 9.17) is 9.47 Å². The normalized spacial score (nSPS) is 10.0. The van der Waals surface area contributed by atoms with Crippen molar-refractivity contribution in [3.05, 3.63) is 29.8 Å². The van der Waals surface area contributed by atoms with Gasteiger partial charge in [0.05, 0.1) is 13.7 Å². The minimum Gasteiger partial charge on any atom is -0.497 e. The fourth-order valence-electron chi connectivity index (χ4n) is 1.65. The van der Waals surface area contributed by atoms with Gasteiger partial charge in [0.1, 0.15) is 11.5 Å². The van der Waals surface area contributed by atoms with E-state index in [1.54, 1.807) is 7.11 Å². The molecule has 0 heterocycles. The third-order valence-electron chi connectivity index (χ3n) is 2.69. The number of ether oxygens (including phenoxy) is 2. The van der Waals surface area contributed by atoms with Gasteiger partial charge in [-0.2, -0.15) is 0 Å². The molecular formula is C15H20O4. The molecule has 0 spiro atoms. The zero-order valence-electron chi connectivity index (χ0n) is 11.5. The predicted molar refractivity (Wildman–Crippen MR) is 72.2 cm³/mol. The first-order valence-electron chi connectivity index (χ1n) is 6.40. The molecule has 0 saturated heterocycles. The Kier molecular flexibility index (Phi) is 6.64. The summed E-state index contributed by atoms with van der Waals surface area (Å²) in [6.07, 6.45) is 2.03. The van der Waals surface area contributed by atoms with Crippen LogP contribution in [-0.4, -0.2) is 25.5 Å². The quantitative estimate of drug-likeness (QED) is 0.535. The summed E-state index contributed by atoms with van der Waals surface area (Å²) in [5.74, 6) is 0.672. The lowest BCUT2D eigenvalue weighted by Crippen LogP contribution is -2.08. The van der Waals surface area contributed by atoms with Gasteiger partial charge in [0.2, 0.25) is 0 Å². The molecule has 1 rings (SSSR count). The van der Waals surface area contributed by atoms with Gasteiger partial charge in [-0.3, -0.25) is 4.79 Å². The summed E-state index contributed by atoms with van der Waals surface area (Å²) in [4.78, 5) is 22.2. The standard InChI is InChI=1S/C15H20O4/c1-12(16)5-4-10-19-15(17)9-8-13-6-3-7-14(11-13)18-2/h3,6-7,11H,4-5,8-10H2,1-2H3. The van der Waals surface area contributed by atoms with E-state index >= 15 is 0 Å². The average Bonchev–Trinajstić information content (AvgIpc) is 2.41. The molecule has 0 unspecified atom stereocenters. The Bertz CT molecular complexity index is 426. The van der Waals surface area contributed by atoms with Gasteiger partial charge in [-0.1, -0.05) is 12.1 Å². The van der Waals surface area contributed by atoms with Crippen LogP contribution in [0.2, 0.25) is 0 Å². The minimum absolute atomic E-state index is 0.118. The maximum Gasteiger partial charge on any atom is 0.306 e. The Labute approximate surface area is 113 Å². The molecule has 1 aromatic rings. The molecule has 4 nitrogen and oxygen atoms in total. The SMILES string of the molecule is COc1cccc(CCC(=O)OCCCC(C)=O)c1. The van der Waals surface area contributed by atoms with Crippen molar-refractivity contribution in [1.82, 2.24) is 0 Å². The van der Waals surface area contributed by atoms with Crippen molar-refractivity contribution in [2.24, 2.45) is 0 Å². The summed E-state index contributed by atoms with van der Waals surface area (Å²) in [7, 11) is 1.61. The highest BCUT2D eigenvalue weighted by atomic mass is 16.5. The number of aryl methyl sites for hydroxylation is 1. The Morgan fingerprint density at radius 3 is 2.68 bits per heavy atom. The van der Waals surface area contributed by atoms with E-state index in [0.29, 0.717) is 32.3 Å². The third-order valence-corrected chi connectivity index (χ3v) is 2.69. The van der Waals surface area contributed by atoms with Crippen LogP contribution >= 0.6 is 0 Å². The van der Waals surface area contributed by atoms with Gasteiger partial charge in [-0.25, -0.2) is 0 Å². The topological polar surface area (TPSA) is 52.6 Å². The van der Waals surface area contributed by atoms with Crippen LogP contribution in [0.1, 0.15) is 31.7 Å². The van der Waals surface area contributed by atoms with Crippen LogP contribution in [0.15, 0.2) is 24.3 Å². The number of esters is 1. The number of hydrogen-bond donors (Lipinski definition) is 0. The zero-order chi connectivity index (χ0) is 14.1. The highest BCUT2D eigenvalue weighted by molar-refractivity contribution is 5.75. The average molecular weight is 264 g/mol. The van der Waals surface area contributed by atoms with Gasteiger partial charge in [-0.05, 0) is 37.5 Å². The molecule has 0 N–H and O–H groups in total. The molecule has 0 aliphatic carbocycles. The van der Waals surface area contributed by atoms with E-state index in [0.717, 1.165) is 11.3 Å². The monoisotopic (exact) mass is 264 g/mol. The molecule has 0 radical (unpaired) electrons. The molecular weight excluding hydrogens is 244 g/mol. The molecule has 0 fully saturated rings. The van der Waals surface area contributed by atoms with E-state index in [-0.39, 0.29) is 11.8 Å². The Morgan fingerprint density at radius 1 is 1.21 bits per heavy atom. The predicted octanol–water partition coefficient (Wildman–Crippen LogP) is 2.54. The van der Waals surface area contributed by atoms with Crippen molar-refractivity contribution in [3.63, 3.8) is 0 Å². The first-order valence-corrected chi connectivity index (χ1v) is 6.40. The van der Waals surface area contributed by atoms with E-state index < -0.39 is 0 Å². The molecule has 0 atom stereocenters. The van der Waals surface area contributed by atoms with Crippen molar-refractivity contribution in [2.45, 2.75) is 32.6 Å². The number of methoxy groups -OCH3 is 1. The molecule has 0 aliphatic heterocycles. The largest absolute Gasteiger partial charge is 0.497 e. The fourth-order valence-corrected chi connectivity index (χ4v) is 1.65. The zero-order valence-corrected chi connectivity index (χ0v) is 11.5. The van der Waals surface area contributed by atoms with Crippen LogP contribution in [0.5, 0.6) is 5.75 Å².